The van der Waals surface area contributed by atoms with Crippen LogP contribution in [0.15, 0.2) is 39.2 Å². The van der Waals surface area contributed by atoms with Crippen LogP contribution in [0, 0.1) is 4.91 Å². The van der Waals surface area contributed by atoms with Gasteiger partial charge in [-0.05, 0) is 28.8 Å². The number of nitrogens with zero attached hydrogens (tertiary/aromatic N) is 1. The third kappa shape index (κ3) is 5.19. The first-order valence-corrected chi connectivity index (χ1v) is 8.02. The first-order valence-electron chi connectivity index (χ1n) is 5.14. The zero-order chi connectivity index (χ0) is 16.0. The second-order valence-electron chi connectivity index (χ2n) is 4.00. The predicted octanol–water partition coefficient (Wildman–Crippen LogP) is -0.685. The molecular weight excluding hydrogens is 388 g/mol. The molecule has 0 aliphatic rings. The molecule has 0 bridgehead atoms. The van der Waals surface area contributed by atoms with Gasteiger partial charge in [-0.1, -0.05) is 6.07 Å². The van der Waals surface area contributed by atoms with E-state index in [1.54, 1.807) is 0 Å². The molecule has 0 aliphatic heterocycles. The van der Waals surface area contributed by atoms with Crippen molar-refractivity contribution in [2.24, 2.45) is 5.18 Å². The molecule has 0 spiro atoms. The van der Waals surface area contributed by atoms with E-state index < -0.39 is 41.5 Å². The van der Waals surface area contributed by atoms with Crippen LogP contribution in [0.5, 0.6) is 5.75 Å². The molecule has 2 aromatic carbocycles. The van der Waals surface area contributed by atoms with E-state index in [1.807, 2.05) is 0 Å². The fourth-order valence-electron chi connectivity index (χ4n) is 1.78. The summed E-state index contributed by atoms with van der Waals surface area (Å²) < 4.78 is 62.2. The predicted molar refractivity (Wildman–Crippen MR) is 88.6 cm³/mol. The Bertz CT molecular complexity index is 973. The molecule has 0 unspecified atom stereocenters. The number of hydrogen-bond donors (Lipinski definition) is 3. The van der Waals surface area contributed by atoms with Crippen molar-refractivity contribution >= 4 is 95.8 Å². The molecule has 2 aromatic rings. The number of rotatable bonds is 3. The van der Waals surface area contributed by atoms with Gasteiger partial charge >= 0.3 is 59.1 Å². The third-order valence-corrected chi connectivity index (χ3v) is 4.41. The molecule has 0 fully saturated rings. The van der Waals surface area contributed by atoms with Crippen LogP contribution >= 0.6 is 0 Å². The molecule has 0 saturated heterocycles. The van der Waals surface area contributed by atoms with Crippen molar-refractivity contribution in [1.29, 1.82) is 0 Å². The number of hydrogen-bond acceptors (Lipinski definition) is 7. The van der Waals surface area contributed by atoms with Gasteiger partial charge in [0.25, 0.3) is 20.2 Å². The Hall–Kier alpha value is -0.120. The molecule has 124 valence electrons. The topological polar surface area (TPSA) is 190 Å². The molecule has 5 N–H and O–H groups in total. The summed E-state index contributed by atoms with van der Waals surface area (Å²) in [4.78, 5) is 9.19. The Kier molecular flexibility index (Phi) is 9.80. The Morgan fingerprint density at radius 3 is 1.88 bits per heavy atom. The first kappa shape index (κ1) is 26.1. The second-order valence-corrected chi connectivity index (χ2v) is 6.81. The number of phenolic OH excluding ortho intramolecular Hbond substituents is 1. The van der Waals surface area contributed by atoms with Gasteiger partial charge in [-0.2, -0.15) is 16.8 Å². The zero-order valence-electron chi connectivity index (χ0n) is 10.5. The van der Waals surface area contributed by atoms with Gasteiger partial charge in [0, 0.05) is 5.39 Å². The van der Waals surface area contributed by atoms with Crippen molar-refractivity contribution in [2.75, 3.05) is 0 Å². The van der Waals surface area contributed by atoms with E-state index in [0.717, 1.165) is 24.3 Å². The first-order chi connectivity index (χ1) is 9.55. The zero-order valence-corrected chi connectivity index (χ0v) is 12.1. The summed E-state index contributed by atoms with van der Waals surface area (Å²) in [6.07, 6.45) is 0. The van der Waals surface area contributed by atoms with Crippen LogP contribution in [0.1, 0.15) is 0 Å². The van der Waals surface area contributed by atoms with E-state index in [9.17, 15) is 26.8 Å². The Morgan fingerprint density at radius 1 is 0.917 bits per heavy atom. The molecule has 0 saturated carbocycles. The van der Waals surface area contributed by atoms with Gasteiger partial charge in [0.05, 0.1) is 4.90 Å². The summed E-state index contributed by atoms with van der Waals surface area (Å²) in [5, 5.41) is 11.9. The van der Waals surface area contributed by atoms with Gasteiger partial charge in [0.15, 0.2) is 11.4 Å². The summed E-state index contributed by atoms with van der Waals surface area (Å²) in [6, 6.07) is 3.62. The molecule has 0 aliphatic carbocycles. The molecule has 0 atom stereocenters. The van der Waals surface area contributed by atoms with Gasteiger partial charge in [-0.15, -0.1) is 4.91 Å². The van der Waals surface area contributed by atoms with E-state index in [1.165, 1.54) is 0 Å². The number of benzene rings is 2. The van der Waals surface area contributed by atoms with Gasteiger partial charge in [-0.3, -0.25) is 9.11 Å². The summed E-state index contributed by atoms with van der Waals surface area (Å²) in [7, 11) is -9.42. The Morgan fingerprint density at radius 2 is 1.46 bits per heavy atom. The van der Waals surface area contributed by atoms with Crippen molar-refractivity contribution in [2.45, 2.75) is 9.79 Å². The molecule has 0 amide bonds. The van der Waals surface area contributed by atoms with Gasteiger partial charge in [0.1, 0.15) is 4.90 Å². The van der Waals surface area contributed by atoms with Crippen LogP contribution in [0.25, 0.3) is 10.8 Å². The standard InChI is InChI=1S/C10H7NO8S2.2Na.H2O.2H/c12-10-8(21(17,18)19)4-5-3-6(20(14,15)16)1-2-7(5)9(10)11-13;;;;;/h1-4,12H,(H,14,15,16)(H,17,18,19);;;1H2;;. The number of fused-ring (bicyclic) bond motifs is 1. The van der Waals surface area contributed by atoms with Crippen molar-refractivity contribution < 1.29 is 36.5 Å². The van der Waals surface area contributed by atoms with E-state index in [0.29, 0.717) is 0 Å². The van der Waals surface area contributed by atoms with E-state index in [4.69, 9.17) is 9.11 Å². The Balaban J connectivity index is 0. The van der Waals surface area contributed by atoms with Crippen LogP contribution in [-0.4, -0.2) is 95.6 Å². The molecule has 0 radical (unpaired) electrons. The SMILES string of the molecule is O.O=Nc1c(O)c(S(=O)(=O)O)cc2cc(S(=O)(=O)O)ccc12.[NaH].[NaH]. The Labute approximate surface area is 180 Å². The van der Waals surface area contributed by atoms with E-state index in [-0.39, 0.29) is 75.4 Å². The van der Waals surface area contributed by atoms with Gasteiger partial charge in [-0.25, -0.2) is 0 Å². The van der Waals surface area contributed by atoms with E-state index in [2.05, 4.69) is 5.18 Å². The summed E-state index contributed by atoms with van der Waals surface area (Å²) in [5.41, 5.74) is -0.679. The molecule has 0 aromatic heterocycles. The van der Waals surface area contributed by atoms with Crippen LogP contribution in [0.4, 0.5) is 5.69 Å². The van der Waals surface area contributed by atoms with Crippen molar-refractivity contribution in [1.82, 2.24) is 0 Å². The fraction of sp³-hybridized carbons (Fsp3) is 0. The fourth-order valence-corrected chi connectivity index (χ4v) is 2.91. The molecule has 10 nitrogen and oxygen atoms in total. The van der Waals surface area contributed by atoms with Crippen LogP contribution in [0.2, 0.25) is 0 Å². The maximum atomic E-state index is 11.1. The van der Waals surface area contributed by atoms with Crippen molar-refractivity contribution in [3.63, 3.8) is 0 Å². The molecular formula is C10H11NNa2O9S2. The maximum absolute atomic E-state index is 11.1. The van der Waals surface area contributed by atoms with Crippen molar-refractivity contribution in [3.05, 3.63) is 29.2 Å². The summed E-state index contributed by atoms with van der Waals surface area (Å²) in [5.74, 6) is -1.06. The van der Waals surface area contributed by atoms with Crippen LogP contribution < -0.4 is 0 Å². The summed E-state index contributed by atoms with van der Waals surface area (Å²) in [6.45, 7) is 0. The monoisotopic (exact) mass is 399 g/mol. The molecule has 24 heavy (non-hydrogen) atoms. The number of nitroso groups, excluding NO2 is 1. The van der Waals surface area contributed by atoms with Gasteiger partial charge < -0.3 is 10.6 Å². The second kappa shape index (κ2) is 9.00. The van der Waals surface area contributed by atoms with E-state index >= 15 is 0 Å². The molecule has 2 rings (SSSR count). The van der Waals surface area contributed by atoms with Crippen LogP contribution in [-0.2, 0) is 20.2 Å². The van der Waals surface area contributed by atoms with Gasteiger partial charge in [0.2, 0.25) is 0 Å². The van der Waals surface area contributed by atoms with Crippen LogP contribution in [0.3, 0.4) is 0 Å². The van der Waals surface area contributed by atoms with Crippen molar-refractivity contribution in [3.8, 4) is 5.75 Å². The minimum atomic E-state index is -4.87. The third-order valence-electron chi connectivity index (χ3n) is 2.69. The average molecular weight is 399 g/mol. The number of phenols is 1. The minimum absolute atomic E-state index is 0. The number of aromatic hydroxyl groups is 1. The molecule has 14 heteroatoms. The normalized spacial score (nSPS) is 10.9. The molecule has 0 heterocycles. The summed E-state index contributed by atoms with van der Waals surface area (Å²) >= 11 is 0. The average Bonchev–Trinajstić information content (AvgIpc) is 2.35. The quantitative estimate of drug-likeness (QED) is 0.343.